The number of fused-ring (bicyclic) bond motifs is 1. The second-order valence-electron chi connectivity index (χ2n) is 4.69. The number of carbonyl (C=O) groups excluding carboxylic acids is 3. The molecule has 0 atom stereocenters. The van der Waals surface area contributed by atoms with Gasteiger partial charge in [-0.2, -0.15) is 0 Å². The van der Waals surface area contributed by atoms with Crippen molar-refractivity contribution in [1.29, 1.82) is 0 Å². The first-order valence-corrected chi connectivity index (χ1v) is 7.96. The monoisotopic (exact) mass is 323 g/mol. The molecule has 2 N–H and O–H groups in total. The molecule has 1 aliphatic rings. The lowest BCUT2D eigenvalue weighted by Gasteiger charge is -2.09. The van der Waals surface area contributed by atoms with Crippen molar-refractivity contribution in [1.82, 2.24) is 15.8 Å². The van der Waals surface area contributed by atoms with Gasteiger partial charge in [-0.1, -0.05) is 11.6 Å². The molecule has 1 aliphatic carbocycles. The van der Waals surface area contributed by atoms with Crippen LogP contribution < -0.4 is 10.6 Å². The molecule has 0 spiro atoms. The third-order valence-corrected chi connectivity index (χ3v) is 4.22. The number of nitrogens with zero attached hydrogens (tertiary/aromatic N) is 1. The van der Waals surface area contributed by atoms with Crippen molar-refractivity contribution in [3.8, 4) is 0 Å². The Kier molecular flexibility index (Phi) is 5.76. The van der Waals surface area contributed by atoms with Crippen molar-refractivity contribution in [3.63, 3.8) is 0 Å². The molecular weight excluding hydrogens is 306 g/mol. The molecule has 0 saturated carbocycles. The number of hydrogen-bond acceptors (Lipinski definition) is 6. The van der Waals surface area contributed by atoms with Gasteiger partial charge >= 0.3 is 6.03 Å². The third-order valence-electron chi connectivity index (χ3n) is 3.12. The first kappa shape index (κ1) is 16.3. The Hall–Kier alpha value is -2.09. The minimum absolute atomic E-state index is 0.0228. The second-order valence-corrected chi connectivity index (χ2v) is 5.82. The van der Waals surface area contributed by atoms with Gasteiger partial charge in [0.2, 0.25) is 17.3 Å². The maximum absolute atomic E-state index is 12.1. The van der Waals surface area contributed by atoms with Crippen LogP contribution in [0.4, 0.5) is 4.79 Å². The average Bonchev–Trinajstić information content (AvgIpc) is 3.01. The van der Waals surface area contributed by atoms with Crippen molar-refractivity contribution in [2.75, 3.05) is 19.3 Å². The molecule has 22 heavy (non-hydrogen) atoms. The van der Waals surface area contributed by atoms with E-state index in [-0.39, 0.29) is 28.9 Å². The fourth-order valence-electron chi connectivity index (χ4n) is 1.95. The summed E-state index contributed by atoms with van der Waals surface area (Å²) in [6, 6.07) is -0.185. The topological polar surface area (TPSA) is 101 Å². The number of amides is 2. The zero-order valence-corrected chi connectivity index (χ0v) is 13.0. The molecule has 118 valence electrons. The minimum atomic E-state index is -0.315. The number of unbranched alkanes of at least 4 members (excludes halogenated alkanes) is 2. The summed E-state index contributed by atoms with van der Waals surface area (Å²) in [4.78, 5) is 35.2. The molecule has 0 bridgehead atoms. The second kappa shape index (κ2) is 7.79. The van der Waals surface area contributed by atoms with E-state index in [2.05, 4.69) is 15.8 Å². The number of carbonyl (C=O) groups is 3. The van der Waals surface area contributed by atoms with Gasteiger partial charge in [0.15, 0.2) is 0 Å². The predicted molar refractivity (Wildman–Crippen MR) is 82.0 cm³/mol. The van der Waals surface area contributed by atoms with Gasteiger partial charge in [-0.25, -0.2) is 4.79 Å². The van der Waals surface area contributed by atoms with Crippen LogP contribution in [0.15, 0.2) is 21.7 Å². The van der Waals surface area contributed by atoms with Crippen LogP contribution in [0.1, 0.15) is 40.2 Å². The molecule has 0 unspecified atom stereocenters. The van der Waals surface area contributed by atoms with Crippen LogP contribution in [-0.4, -0.2) is 42.1 Å². The number of rotatable bonds is 7. The van der Waals surface area contributed by atoms with Gasteiger partial charge in [0.05, 0.1) is 16.7 Å². The van der Waals surface area contributed by atoms with Gasteiger partial charge in [0.1, 0.15) is 0 Å². The average molecular weight is 323 g/mol. The molecule has 1 aromatic rings. The molecule has 1 heterocycles. The van der Waals surface area contributed by atoms with E-state index in [4.69, 9.17) is 4.52 Å². The fourth-order valence-corrected chi connectivity index (χ4v) is 2.95. The zero-order chi connectivity index (χ0) is 15.9. The highest BCUT2D eigenvalue weighted by atomic mass is 32.2. The largest absolute Gasteiger partial charge is 0.352 e. The highest BCUT2D eigenvalue weighted by Gasteiger charge is 2.29. The van der Waals surface area contributed by atoms with Gasteiger partial charge in [-0.15, -0.1) is 11.8 Å². The van der Waals surface area contributed by atoms with Gasteiger partial charge in [-0.3, -0.25) is 9.59 Å². The SMILES string of the molecule is CNC(=O)NCCCCCSC1=CC(=O)c2oncc2C1=O. The summed E-state index contributed by atoms with van der Waals surface area (Å²) >= 11 is 1.37. The van der Waals surface area contributed by atoms with Crippen LogP contribution >= 0.6 is 11.8 Å². The van der Waals surface area contributed by atoms with E-state index in [9.17, 15) is 14.4 Å². The summed E-state index contributed by atoms with van der Waals surface area (Å²) < 4.78 is 4.77. The van der Waals surface area contributed by atoms with Gasteiger partial charge < -0.3 is 15.2 Å². The quantitative estimate of drug-likeness (QED) is 0.742. The Bertz CT molecular complexity index is 609. The molecule has 0 saturated heterocycles. The molecule has 0 radical (unpaired) electrons. The molecule has 8 heteroatoms. The number of Topliss-reactive ketones (excluding diaryl/α,β-unsaturated/α-hetero) is 1. The number of allylic oxidation sites excluding steroid dienone is 2. The number of ketones is 2. The Morgan fingerprint density at radius 2 is 2.14 bits per heavy atom. The number of thioether (sulfide) groups is 1. The number of urea groups is 1. The molecule has 1 aromatic heterocycles. The van der Waals surface area contributed by atoms with E-state index in [0.717, 1.165) is 25.0 Å². The van der Waals surface area contributed by atoms with Crippen molar-refractivity contribution < 1.29 is 18.9 Å². The van der Waals surface area contributed by atoms with Crippen molar-refractivity contribution in [3.05, 3.63) is 28.5 Å². The normalized spacial score (nSPS) is 13.6. The molecule has 2 rings (SSSR count). The van der Waals surface area contributed by atoms with E-state index in [1.54, 1.807) is 7.05 Å². The van der Waals surface area contributed by atoms with Crippen LogP contribution in [0.25, 0.3) is 0 Å². The Labute approximate surface area is 131 Å². The summed E-state index contributed by atoms with van der Waals surface area (Å²) in [5, 5.41) is 8.68. The number of nitrogens with one attached hydrogen (secondary N) is 2. The highest BCUT2D eigenvalue weighted by molar-refractivity contribution is 8.04. The van der Waals surface area contributed by atoms with Gasteiger partial charge in [-0.05, 0) is 18.6 Å². The Morgan fingerprint density at radius 1 is 1.32 bits per heavy atom. The summed E-state index contributed by atoms with van der Waals surface area (Å²) in [6.45, 7) is 0.620. The maximum atomic E-state index is 12.1. The fraction of sp³-hybridized carbons (Fsp3) is 0.429. The summed E-state index contributed by atoms with van der Waals surface area (Å²) in [5.41, 5.74) is 0.241. The Balaban J connectivity index is 1.69. The highest BCUT2D eigenvalue weighted by Crippen LogP contribution is 2.28. The smallest absolute Gasteiger partial charge is 0.314 e. The summed E-state index contributed by atoms with van der Waals surface area (Å²) in [6.07, 6.45) is 5.30. The third kappa shape index (κ3) is 3.97. The van der Waals surface area contributed by atoms with E-state index in [1.807, 2.05) is 0 Å². The van der Waals surface area contributed by atoms with Gasteiger partial charge in [0, 0.05) is 19.7 Å². The maximum Gasteiger partial charge on any atom is 0.314 e. The van der Waals surface area contributed by atoms with Crippen molar-refractivity contribution in [2.24, 2.45) is 0 Å². The Morgan fingerprint density at radius 3 is 2.91 bits per heavy atom. The molecule has 0 aliphatic heterocycles. The standard InChI is InChI=1S/C14H17N3O4S/c1-15-14(20)16-5-3-2-4-6-22-11-7-10(18)13-9(12(11)19)8-17-21-13/h7-8H,2-6H2,1H3,(H2,15,16,20). The van der Waals surface area contributed by atoms with Crippen LogP contribution in [0.2, 0.25) is 0 Å². The van der Waals surface area contributed by atoms with E-state index in [0.29, 0.717) is 11.4 Å². The van der Waals surface area contributed by atoms with Crippen LogP contribution in [0.5, 0.6) is 0 Å². The molecule has 0 fully saturated rings. The van der Waals surface area contributed by atoms with Crippen LogP contribution in [0.3, 0.4) is 0 Å². The van der Waals surface area contributed by atoms with E-state index in [1.165, 1.54) is 24.0 Å². The van der Waals surface area contributed by atoms with Crippen LogP contribution in [-0.2, 0) is 0 Å². The van der Waals surface area contributed by atoms with E-state index >= 15 is 0 Å². The lowest BCUT2D eigenvalue weighted by Crippen LogP contribution is -2.33. The van der Waals surface area contributed by atoms with Crippen LogP contribution in [0, 0.1) is 0 Å². The molecule has 0 aromatic carbocycles. The summed E-state index contributed by atoms with van der Waals surface area (Å²) in [5.74, 6) is 0.243. The lowest BCUT2D eigenvalue weighted by molar-refractivity contribution is 0.0967. The molecule has 2 amide bonds. The predicted octanol–water partition coefficient (Wildman–Crippen LogP) is 1.77. The minimum Gasteiger partial charge on any atom is -0.352 e. The first-order chi connectivity index (χ1) is 10.6. The van der Waals surface area contributed by atoms with Crippen molar-refractivity contribution in [2.45, 2.75) is 19.3 Å². The number of hydrogen-bond donors (Lipinski definition) is 2. The zero-order valence-electron chi connectivity index (χ0n) is 12.2. The number of aromatic nitrogens is 1. The molecule has 7 nitrogen and oxygen atoms in total. The molecular formula is C14H17N3O4S. The lowest BCUT2D eigenvalue weighted by atomic mass is 10.0. The summed E-state index contributed by atoms with van der Waals surface area (Å²) in [7, 11) is 1.57. The first-order valence-electron chi connectivity index (χ1n) is 6.97. The van der Waals surface area contributed by atoms with Crippen molar-refractivity contribution >= 4 is 29.4 Å². The van der Waals surface area contributed by atoms with E-state index < -0.39 is 0 Å². The van der Waals surface area contributed by atoms with Gasteiger partial charge in [0.25, 0.3) is 0 Å².